The molecule has 6 nitrogen and oxygen atoms in total. The van der Waals surface area contributed by atoms with Gasteiger partial charge in [0.25, 0.3) is 0 Å². The highest BCUT2D eigenvalue weighted by atomic mass is 32.1. The van der Waals surface area contributed by atoms with Crippen LogP contribution < -0.4 is 11.1 Å². The van der Waals surface area contributed by atoms with E-state index in [-0.39, 0.29) is 23.3 Å². The number of nitrogens with one attached hydrogen (secondary N) is 1. The van der Waals surface area contributed by atoms with Crippen LogP contribution in [0.3, 0.4) is 0 Å². The quantitative estimate of drug-likeness (QED) is 0.634. The van der Waals surface area contributed by atoms with Gasteiger partial charge in [0.1, 0.15) is 11.5 Å². The molecular formula is C14H15N3O3S. The fourth-order valence-corrected chi connectivity index (χ4v) is 2.17. The van der Waals surface area contributed by atoms with Gasteiger partial charge in [-0.25, -0.2) is 0 Å². The van der Waals surface area contributed by atoms with Crippen molar-refractivity contribution in [3.05, 3.63) is 29.8 Å². The van der Waals surface area contributed by atoms with Crippen LogP contribution in [0, 0.1) is 0 Å². The molecule has 0 saturated carbocycles. The molecule has 1 fully saturated rings. The summed E-state index contributed by atoms with van der Waals surface area (Å²) in [5.41, 5.74) is 6.73. The van der Waals surface area contributed by atoms with Crippen molar-refractivity contribution < 1.29 is 14.4 Å². The van der Waals surface area contributed by atoms with Gasteiger partial charge in [0.15, 0.2) is 0 Å². The fraction of sp³-hybridized carbons (Fsp3) is 0.286. The van der Waals surface area contributed by atoms with Crippen LogP contribution in [-0.4, -0.2) is 34.2 Å². The number of hydrogen-bond acceptors (Lipinski definition) is 4. The highest BCUT2D eigenvalue weighted by molar-refractivity contribution is 7.80. The Morgan fingerprint density at radius 2 is 1.76 bits per heavy atom. The second kappa shape index (κ2) is 6.45. The predicted molar refractivity (Wildman–Crippen MR) is 81.5 cm³/mol. The molecule has 1 aromatic carbocycles. The average Bonchev–Trinajstić information content (AvgIpc) is 2.43. The SMILES string of the molecule is NC(=S)c1ccc(NC(=O)CN2C(=O)CCCC2=O)cc1. The zero-order valence-corrected chi connectivity index (χ0v) is 12.1. The molecular weight excluding hydrogens is 290 g/mol. The Morgan fingerprint density at radius 1 is 1.19 bits per heavy atom. The first-order chi connectivity index (χ1) is 9.97. The van der Waals surface area contributed by atoms with Gasteiger partial charge < -0.3 is 11.1 Å². The van der Waals surface area contributed by atoms with Crippen LogP contribution in [0.25, 0.3) is 0 Å². The lowest BCUT2D eigenvalue weighted by Gasteiger charge is -2.24. The largest absolute Gasteiger partial charge is 0.389 e. The molecule has 2 rings (SSSR count). The lowest BCUT2D eigenvalue weighted by atomic mass is 10.1. The van der Waals surface area contributed by atoms with Gasteiger partial charge in [-0.05, 0) is 30.7 Å². The first kappa shape index (κ1) is 15.1. The lowest BCUT2D eigenvalue weighted by molar-refractivity contribution is -0.150. The molecule has 21 heavy (non-hydrogen) atoms. The number of piperidine rings is 1. The van der Waals surface area contributed by atoms with Gasteiger partial charge in [0.05, 0.1) is 0 Å². The number of rotatable bonds is 4. The molecule has 1 aliphatic heterocycles. The van der Waals surface area contributed by atoms with Crippen LogP contribution in [0.5, 0.6) is 0 Å². The minimum absolute atomic E-state index is 0.255. The van der Waals surface area contributed by atoms with Crippen LogP contribution in [-0.2, 0) is 14.4 Å². The van der Waals surface area contributed by atoms with Crippen LogP contribution in [0.4, 0.5) is 5.69 Å². The van der Waals surface area contributed by atoms with E-state index in [1.54, 1.807) is 24.3 Å². The van der Waals surface area contributed by atoms with E-state index in [0.717, 1.165) is 4.90 Å². The van der Waals surface area contributed by atoms with E-state index in [4.69, 9.17) is 18.0 Å². The Morgan fingerprint density at radius 3 is 2.29 bits per heavy atom. The highest BCUT2D eigenvalue weighted by Gasteiger charge is 2.27. The number of carbonyl (C=O) groups is 3. The molecule has 0 aromatic heterocycles. The van der Waals surface area contributed by atoms with Gasteiger partial charge in [-0.1, -0.05) is 12.2 Å². The molecule has 0 unspecified atom stereocenters. The first-order valence-electron chi connectivity index (χ1n) is 6.50. The van der Waals surface area contributed by atoms with Crippen LogP contribution in [0.1, 0.15) is 24.8 Å². The normalized spacial score (nSPS) is 15.0. The van der Waals surface area contributed by atoms with E-state index < -0.39 is 5.91 Å². The van der Waals surface area contributed by atoms with Crippen molar-refractivity contribution in [1.82, 2.24) is 4.90 Å². The molecule has 0 radical (unpaired) electrons. The van der Waals surface area contributed by atoms with Gasteiger partial charge in [-0.15, -0.1) is 0 Å². The molecule has 0 spiro atoms. The van der Waals surface area contributed by atoms with Gasteiger partial charge in [0, 0.05) is 24.1 Å². The summed E-state index contributed by atoms with van der Waals surface area (Å²) in [6.07, 6.45) is 1.17. The molecule has 0 atom stereocenters. The zero-order chi connectivity index (χ0) is 15.4. The third-order valence-electron chi connectivity index (χ3n) is 3.14. The maximum Gasteiger partial charge on any atom is 0.244 e. The number of carbonyl (C=O) groups excluding carboxylic acids is 3. The van der Waals surface area contributed by atoms with Gasteiger partial charge in [0.2, 0.25) is 17.7 Å². The van der Waals surface area contributed by atoms with Gasteiger partial charge in [-0.3, -0.25) is 19.3 Å². The van der Waals surface area contributed by atoms with E-state index in [0.29, 0.717) is 30.5 Å². The second-order valence-corrected chi connectivity index (χ2v) is 5.16. The fourth-order valence-electron chi connectivity index (χ4n) is 2.04. The van der Waals surface area contributed by atoms with Gasteiger partial charge >= 0.3 is 0 Å². The van der Waals surface area contributed by atoms with E-state index >= 15 is 0 Å². The van der Waals surface area contributed by atoms with Crippen LogP contribution in [0.15, 0.2) is 24.3 Å². The molecule has 7 heteroatoms. The Kier molecular flexibility index (Phi) is 4.64. The Labute approximate surface area is 127 Å². The molecule has 1 aromatic rings. The number of nitrogens with zero attached hydrogens (tertiary/aromatic N) is 1. The van der Waals surface area contributed by atoms with Crippen molar-refractivity contribution >= 4 is 40.6 Å². The van der Waals surface area contributed by atoms with Crippen molar-refractivity contribution in [1.29, 1.82) is 0 Å². The molecule has 3 N–H and O–H groups in total. The summed E-state index contributed by atoms with van der Waals surface area (Å²) in [5.74, 6) is -1.02. The molecule has 110 valence electrons. The van der Waals surface area contributed by atoms with E-state index in [1.165, 1.54) is 0 Å². The Bertz CT molecular complexity index is 582. The van der Waals surface area contributed by atoms with Crippen molar-refractivity contribution in [3.8, 4) is 0 Å². The Balaban J connectivity index is 1.96. The maximum absolute atomic E-state index is 11.9. The van der Waals surface area contributed by atoms with Crippen molar-refractivity contribution in [2.75, 3.05) is 11.9 Å². The maximum atomic E-state index is 11.9. The predicted octanol–water partition coefficient (Wildman–Crippen LogP) is 0.798. The second-order valence-electron chi connectivity index (χ2n) is 4.72. The Hall–Kier alpha value is -2.28. The number of nitrogens with two attached hydrogens (primary N) is 1. The van der Waals surface area contributed by atoms with Crippen molar-refractivity contribution in [3.63, 3.8) is 0 Å². The molecule has 0 bridgehead atoms. The number of benzene rings is 1. The first-order valence-corrected chi connectivity index (χ1v) is 6.91. The van der Waals surface area contributed by atoms with Crippen LogP contribution in [0.2, 0.25) is 0 Å². The summed E-state index contributed by atoms with van der Waals surface area (Å²) in [5, 5.41) is 2.63. The summed E-state index contributed by atoms with van der Waals surface area (Å²) in [6.45, 7) is -0.255. The highest BCUT2D eigenvalue weighted by Crippen LogP contribution is 2.13. The topological polar surface area (TPSA) is 92.5 Å². The number of hydrogen-bond donors (Lipinski definition) is 2. The van der Waals surface area contributed by atoms with Gasteiger partial charge in [-0.2, -0.15) is 0 Å². The third-order valence-corrected chi connectivity index (χ3v) is 3.37. The molecule has 0 aliphatic carbocycles. The summed E-state index contributed by atoms with van der Waals surface area (Å²) < 4.78 is 0. The standard InChI is InChI=1S/C14H15N3O3S/c15-14(21)9-4-6-10(7-5-9)16-11(18)8-17-12(19)2-1-3-13(17)20/h4-7H,1-3,8H2,(H2,15,21)(H,16,18). The summed E-state index contributed by atoms with van der Waals surface area (Å²) >= 11 is 4.84. The van der Waals surface area contributed by atoms with Crippen molar-refractivity contribution in [2.24, 2.45) is 5.73 Å². The number of anilines is 1. The minimum atomic E-state index is -0.415. The number of thiocarbonyl (C=S) groups is 1. The molecule has 1 aliphatic rings. The molecule has 1 saturated heterocycles. The lowest BCUT2D eigenvalue weighted by Crippen LogP contribution is -2.44. The monoisotopic (exact) mass is 305 g/mol. The zero-order valence-electron chi connectivity index (χ0n) is 11.3. The minimum Gasteiger partial charge on any atom is -0.389 e. The van der Waals surface area contributed by atoms with E-state index in [1.807, 2.05) is 0 Å². The summed E-state index contributed by atoms with van der Waals surface area (Å²) in [6, 6.07) is 6.70. The van der Waals surface area contributed by atoms with E-state index in [9.17, 15) is 14.4 Å². The van der Waals surface area contributed by atoms with Crippen molar-refractivity contribution in [2.45, 2.75) is 19.3 Å². The summed E-state index contributed by atoms with van der Waals surface area (Å²) in [7, 11) is 0. The average molecular weight is 305 g/mol. The number of amides is 3. The smallest absolute Gasteiger partial charge is 0.244 e. The third kappa shape index (κ3) is 3.85. The number of likely N-dealkylation sites (tertiary alicyclic amines) is 1. The number of imide groups is 1. The van der Waals surface area contributed by atoms with Crippen LogP contribution >= 0.6 is 12.2 Å². The molecule has 3 amide bonds. The summed E-state index contributed by atoms with van der Waals surface area (Å²) in [4.78, 5) is 36.4. The van der Waals surface area contributed by atoms with E-state index in [2.05, 4.69) is 5.32 Å². The molecule has 1 heterocycles.